The van der Waals surface area contributed by atoms with Gasteiger partial charge < -0.3 is 15.8 Å². The molecular formula is C9H11ClN4O. The minimum Gasteiger partial charge on any atom is -0.388 e. The molecule has 2 aromatic heterocycles. The Hall–Kier alpha value is -1.17. The fourth-order valence-corrected chi connectivity index (χ4v) is 1.77. The number of nitrogens with one attached hydrogen (secondary N) is 1. The van der Waals surface area contributed by atoms with Crippen molar-refractivity contribution in [3.8, 4) is 0 Å². The molecular weight excluding hydrogens is 216 g/mol. The van der Waals surface area contributed by atoms with Gasteiger partial charge in [0, 0.05) is 11.8 Å². The van der Waals surface area contributed by atoms with Crippen LogP contribution in [0.2, 0.25) is 5.15 Å². The minimum atomic E-state index is -0.632. The van der Waals surface area contributed by atoms with Gasteiger partial charge in [-0.2, -0.15) is 0 Å². The second-order valence-electron chi connectivity index (χ2n) is 3.23. The van der Waals surface area contributed by atoms with Crippen LogP contribution in [-0.2, 0) is 0 Å². The summed E-state index contributed by atoms with van der Waals surface area (Å²) in [6.45, 7) is 0.416. The van der Waals surface area contributed by atoms with Gasteiger partial charge in [0.15, 0.2) is 0 Å². The van der Waals surface area contributed by atoms with E-state index in [2.05, 4.69) is 15.0 Å². The molecule has 0 aliphatic rings. The van der Waals surface area contributed by atoms with Crippen molar-refractivity contribution in [2.24, 2.45) is 5.73 Å². The van der Waals surface area contributed by atoms with Gasteiger partial charge in [0.1, 0.15) is 17.1 Å². The first-order valence-electron chi connectivity index (χ1n) is 4.59. The molecule has 2 heterocycles. The molecule has 0 aromatic carbocycles. The summed E-state index contributed by atoms with van der Waals surface area (Å²) in [6, 6.07) is 0. The zero-order chi connectivity index (χ0) is 10.8. The topological polar surface area (TPSA) is 87.8 Å². The highest BCUT2D eigenvalue weighted by molar-refractivity contribution is 6.34. The summed E-state index contributed by atoms with van der Waals surface area (Å²) in [5.41, 5.74) is 6.70. The predicted molar refractivity (Wildman–Crippen MR) is 57.5 cm³/mol. The van der Waals surface area contributed by atoms with Crippen LogP contribution in [0.5, 0.6) is 0 Å². The highest BCUT2D eigenvalue weighted by Gasteiger charge is 2.15. The fraction of sp³-hybridized carbons (Fsp3) is 0.333. The fourth-order valence-electron chi connectivity index (χ4n) is 1.52. The highest BCUT2D eigenvalue weighted by atomic mass is 35.5. The Labute approximate surface area is 91.3 Å². The third-order valence-electron chi connectivity index (χ3n) is 2.25. The molecule has 0 saturated carbocycles. The number of H-pyrrole nitrogens is 1. The lowest BCUT2D eigenvalue weighted by molar-refractivity contribution is 0.172. The maximum Gasteiger partial charge on any atom is 0.142 e. The molecule has 2 aromatic rings. The summed E-state index contributed by atoms with van der Waals surface area (Å²) in [7, 11) is 0. The van der Waals surface area contributed by atoms with Gasteiger partial charge in [-0.3, -0.25) is 0 Å². The molecule has 6 heteroatoms. The number of aliphatic hydroxyl groups excluding tert-OH is 1. The molecule has 4 N–H and O–H groups in total. The van der Waals surface area contributed by atoms with Crippen LogP contribution in [0.3, 0.4) is 0 Å². The Balaban J connectivity index is 2.52. The van der Waals surface area contributed by atoms with Crippen LogP contribution in [0.15, 0.2) is 12.5 Å². The van der Waals surface area contributed by atoms with Gasteiger partial charge >= 0.3 is 0 Å². The van der Waals surface area contributed by atoms with E-state index in [9.17, 15) is 5.11 Å². The molecule has 0 amide bonds. The van der Waals surface area contributed by atoms with Crippen molar-refractivity contribution in [3.05, 3.63) is 23.2 Å². The van der Waals surface area contributed by atoms with Gasteiger partial charge in [0.05, 0.1) is 11.5 Å². The molecule has 0 saturated heterocycles. The number of fused-ring (bicyclic) bond motifs is 1. The first kappa shape index (κ1) is 10.4. The van der Waals surface area contributed by atoms with Crippen LogP contribution in [0.4, 0.5) is 0 Å². The number of aromatic nitrogens is 3. The van der Waals surface area contributed by atoms with Crippen molar-refractivity contribution in [3.63, 3.8) is 0 Å². The molecule has 0 aliphatic heterocycles. The van der Waals surface area contributed by atoms with E-state index in [1.165, 1.54) is 6.33 Å². The monoisotopic (exact) mass is 226 g/mol. The number of aliphatic hydroxyl groups is 1. The lowest BCUT2D eigenvalue weighted by Crippen LogP contribution is -2.06. The third-order valence-corrected chi connectivity index (χ3v) is 2.54. The van der Waals surface area contributed by atoms with Crippen molar-refractivity contribution in [1.82, 2.24) is 15.0 Å². The molecule has 15 heavy (non-hydrogen) atoms. The Morgan fingerprint density at radius 1 is 1.53 bits per heavy atom. The van der Waals surface area contributed by atoms with Crippen molar-refractivity contribution >= 4 is 22.6 Å². The minimum absolute atomic E-state index is 0.340. The maximum atomic E-state index is 9.82. The van der Waals surface area contributed by atoms with Gasteiger partial charge in [0.2, 0.25) is 0 Å². The number of nitrogens with two attached hydrogens (primary N) is 1. The molecule has 5 nitrogen and oxygen atoms in total. The Morgan fingerprint density at radius 2 is 2.33 bits per heavy atom. The van der Waals surface area contributed by atoms with Crippen LogP contribution in [0.25, 0.3) is 11.0 Å². The van der Waals surface area contributed by atoms with Gasteiger partial charge in [-0.05, 0) is 13.0 Å². The average Bonchev–Trinajstić information content (AvgIpc) is 2.63. The van der Waals surface area contributed by atoms with E-state index < -0.39 is 6.10 Å². The van der Waals surface area contributed by atoms with Gasteiger partial charge in [-0.15, -0.1) is 0 Å². The number of rotatable bonds is 3. The van der Waals surface area contributed by atoms with Crippen LogP contribution in [0.1, 0.15) is 18.1 Å². The normalized spacial score (nSPS) is 13.3. The third kappa shape index (κ3) is 1.81. The summed E-state index contributed by atoms with van der Waals surface area (Å²) in [6.07, 6.45) is 2.91. The van der Waals surface area contributed by atoms with E-state index in [0.29, 0.717) is 34.7 Å². The standard InChI is InChI=1S/C9H11ClN4O/c10-8-7-5(6(15)1-2-11)3-12-9(7)14-4-13-8/h3-4,6,15H,1-2,11H2,(H,12,13,14). The highest BCUT2D eigenvalue weighted by Crippen LogP contribution is 2.28. The van der Waals surface area contributed by atoms with Gasteiger partial charge in [0.25, 0.3) is 0 Å². The first-order chi connectivity index (χ1) is 7.24. The SMILES string of the molecule is NCCC(O)c1c[nH]c2ncnc(Cl)c12. The Bertz CT molecular complexity index is 470. The van der Waals surface area contributed by atoms with E-state index >= 15 is 0 Å². The lowest BCUT2D eigenvalue weighted by Gasteiger charge is -2.07. The number of hydrogen-bond donors (Lipinski definition) is 3. The van der Waals surface area contributed by atoms with E-state index in [0.717, 1.165) is 0 Å². The van der Waals surface area contributed by atoms with Crippen molar-refractivity contribution in [1.29, 1.82) is 0 Å². The zero-order valence-electron chi connectivity index (χ0n) is 7.94. The molecule has 0 aliphatic carbocycles. The quantitative estimate of drug-likeness (QED) is 0.682. The maximum absolute atomic E-state index is 9.82. The summed E-state index contributed by atoms with van der Waals surface area (Å²) in [5.74, 6) is 0. The van der Waals surface area contributed by atoms with Crippen LogP contribution in [-0.4, -0.2) is 26.6 Å². The molecule has 2 rings (SSSR count). The smallest absolute Gasteiger partial charge is 0.142 e. The van der Waals surface area contributed by atoms with E-state index in [1.807, 2.05) is 0 Å². The molecule has 0 fully saturated rings. The number of nitrogens with zero attached hydrogens (tertiary/aromatic N) is 2. The lowest BCUT2D eigenvalue weighted by atomic mass is 10.1. The van der Waals surface area contributed by atoms with Crippen LogP contribution in [0, 0.1) is 0 Å². The molecule has 80 valence electrons. The number of halogens is 1. The van der Waals surface area contributed by atoms with Crippen LogP contribution < -0.4 is 5.73 Å². The molecule has 0 radical (unpaired) electrons. The molecule has 1 unspecified atom stereocenters. The number of hydrogen-bond acceptors (Lipinski definition) is 4. The van der Waals surface area contributed by atoms with Crippen LogP contribution >= 0.6 is 11.6 Å². The summed E-state index contributed by atoms with van der Waals surface area (Å²) >= 11 is 5.93. The van der Waals surface area contributed by atoms with E-state index in [4.69, 9.17) is 17.3 Å². The number of aromatic amines is 1. The van der Waals surface area contributed by atoms with E-state index in [-0.39, 0.29) is 0 Å². The first-order valence-corrected chi connectivity index (χ1v) is 4.97. The second kappa shape index (κ2) is 4.14. The molecule has 0 spiro atoms. The summed E-state index contributed by atoms with van der Waals surface area (Å²) < 4.78 is 0. The van der Waals surface area contributed by atoms with Gasteiger partial charge in [-0.1, -0.05) is 11.6 Å². The van der Waals surface area contributed by atoms with E-state index in [1.54, 1.807) is 6.20 Å². The molecule has 1 atom stereocenters. The summed E-state index contributed by atoms with van der Waals surface area (Å²) in [4.78, 5) is 10.8. The summed E-state index contributed by atoms with van der Waals surface area (Å²) in [5, 5.41) is 10.8. The van der Waals surface area contributed by atoms with Gasteiger partial charge in [-0.25, -0.2) is 9.97 Å². The molecule has 0 bridgehead atoms. The predicted octanol–water partition coefficient (Wildman–Crippen LogP) is 0.994. The second-order valence-corrected chi connectivity index (χ2v) is 3.58. The largest absolute Gasteiger partial charge is 0.388 e. The van der Waals surface area contributed by atoms with Crippen molar-refractivity contribution in [2.45, 2.75) is 12.5 Å². The Kier molecular flexibility index (Phi) is 2.86. The zero-order valence-corrected chi connectivity index (χ0v) is 8.70. The van der Waals surface area contributed by atoms with Crippen molar-refractivity contribution in [2.75, 3.05) is 6.54 Å². The average molecular weight is 227 g/mol. The van der Waals surface area contributed by atoms with Crippen molar-refractivity contribution < 1.29 is 5.11 Å². The Morgan fingerprint density at radius 3 is 3.07 bits per heavy atom.